The van der Waals surface area contributed by atoms with E-state index >= 15 is 0 Å². The van der Waals surface area contributed by atoms with Crippen molar-refractivity contribution in [3.8, 4) is 0 Å². The van der Waals surface area contributed by atoms with E-state index in [9.17, 15) is 9.59 Å². The number of ether oxygens (including phenoxy) is 1. The second-order valence-corrected chi connectivity index (χ2v) is 5.77. The van der Waals surface area contributed by atoms with Gasteiger partial charge in [0.2, 0.25) is 5.78 Å². The zero-order valence-electron chi connectivity index (χ0n) is 12.8. The quantitative estimate of drug-likeness (QED) is 0.617. The largest absolute Gasteiger partial charge is 0.447 e. The van der Waals surface area contributed by atoms with Gasteiger partial charge in [0, 0.05) is 25.9 Å². The highest BCUT2D eigenvalue weighted by atomic mass is 16.6. The van der Waals surface area contributed by atoms with Gasteiger partial charge in [-0.25, -0.2) is 4.79 Å². The molecule has 116 valence electrons. The molecule has 1 aliphatic carbocycles. The fourth-order valence-corrected chi connectivity index (χ4v) is 2.84. The van der Waals surface area contributed by atoms with Gasteiger partial charge in [-0.1, -0.05) is 0 Å². The van der Waals surface area contributed by atoms with Crippen LogP contribution < -0.4 is 4.90 Å². The Balaban J connectivity index is 1.95. The van der Waals surface area contributed by atoms with E-state index in [1.807, 2.05) is 31.3 Å². The van der Waals surface area contributed by atoms with Gasteiger partial charge in [0.25, 0.3) is 0 Å². The third-order valence-corrected chi connectivity index (χ3v) is 3.84. The highest BCUT2D eigenvalue weighted by Gasteiger charge is 2.27. The molecule has 1 fully saturated rings. The maximum Gasteiger partial charge on any atom is 0.414 e. The number of hydrogen-bond acceptors (Lipinski definition) is 5. The van der Waals surface area contributed by atoms with Gasteiger partial charge in [0.1, 0.15) is 12.3 Å². The molecule has 6 nitrogen and oxygen atoms in total. The average molecular weight is 301 g/mol. The number of aromatic nitrogens is 1. The Kier molecular flexibility index (Phi) is 3.83. The van der Waals surface area contributed by atoms with Crippen LogP contribution in [-0.2, 0) is 11.2 Å². The summed E-state index contributed by atoms with van der Waals surface area (Å²) in [5.74, 6) is -0.0169. The molecule has 0 atom stereocenters. The molecular weight excluding hydrogens is 282 g/mol. The van der Waals surface area contributed by atoms with Crippen LogP contribution in [0.4, 0.5) is 10.5 Å². The van der Waals surface area contributed by atoms with Crippen LogP contribution in [0.3, 0.4) is 0 Å². The number of ketones is 1. The number of Topliss-reactive ketones (excluding diaryl/α,β-unsaturated/α-hetero) is 1. The van der Waals surface area contributed by atoms with Crippen molar-refractivity contribution in [3.63, 3.8) is 0 Å². The Morgan fingerprint density at radius 1 is 1.32 bits per heavy atom. The number of hydrogen-bond donors (Lipinski definition) is 0. The van der Waals surface area contributed by atoms with Gasteiger partial charge in [-0.05, 0) is 30.9 Å². The minimum atomic E-state index is -0.352. The first-order valence-electron chi connectivity index (χ1n) is 7.41. The van der Waals surface area contributed by atoms with Gasteiger partial charge >= 0.3 is 6.09 Å². The van der Waals surface area contributed by atoms with Gasteiger partial charge in [0.05, 0.1) is 18.4 Å². The molecule has 2 aliphatic rings. The molecule has 6 heteroatoms. The molecule has 1 amide bonds. The Hall–Kier alpha value is -2.37. The number of cyclic esters (lactones) is 1. The summed E-state index contributed by atoms with van der Waals surface area (Å²) >= 11 is 0. The van der Waals surface area contributed by atoms with Crippen molar-refractivity contribution in [3.05, 3.63) is 35.3 Å². The first-order valence-corrected chi connectivity index (χ1v) is 7.41. The number of carbonyl (C=O) groups is 2. The maximum absolute atomic E-state index is 12.6. The molecule has 22 heavy (non-hydrogen) atoms. The predicted molar refractivity (Wildman–Crippen MR) is 82.0 cm³/mol. The fraction of sp³-hybridized carbons (Fsp3) is 0.438. The van der Waals surface area contributed by atoms with Gasteiger partial charge in [-0.2, -0.15) is 0 Å². The second-order valence-electron chi connectivity index (χ2n) is 5.77. The molecule has 1 aromatic heterocycles. The first kappa shape index (κ1) is 14.6. The zero-order valence-corrected chi connectivity index (χ0v) is 12.8. The molecule has 0 aromatic carbocycles. The van der Waals surface area contributed by atoms with E-state index in [2.05, 4.69) is 4.98 Å². The third-order valence-electron chi connectivity index (χ3n) is 3.84. The van der Waals surface area contributed by atoms with E-state index < -0.39 is 0 Å². The van der Waals surface area contributed by atoms with E-state index in [0.717, 1.165) is 30.4 Å². The SMILES string of the molecule is CN(C)/C=C1\CCCc2cc(N3CCOC3=O)cnc2C1=O. The van der Waals surface area contributed by atoms with Gasteiger partial charge in [-0.3, -0.25) is 14.7 Å². The molecule has 0 saturated carbocycles. The lowest BCUT2D eigenvalue weighted by Crippen LogP contribution is -2.24. The van der Waals surface area contributed by atoms with Crippen LogP contribution in [-0.4, -0.2) is 49.0 Å². The van der Waals surface area contributed by atoms with Gasteiger partial charge in [-0.15, -0.1) is 0 Å². The number of carbonyl (C=O) groups excluding carboxylic acids is 2. The smallest absolute Gasteiger partial charge is 0.414 e. The molecule has 3 rings (SSSR count). The van der Waals surface area contributed by atoms with Crippen LogP contribution in [0.25, 0.3) is 0 Å². The standard InChI is InChI=1S/C16H19N3O3/c1-18(2)10-12-5-3-4-11-8-13(9-17-14(11)15(12)20)19-6-7-22-16(19)21/h8-10H,3-7H2,1-2H3/b12-10+. The molecule has 1 saturated heterocycles. The molecule has 1 aliphatic heterocycles. The average Bonchev–Trinajstić information content (AvgIpc) is 2.84. The zero-order chi connectivity index (χ0) is 15.7. The van der Waals surface area contributed by atoms with E-state index in [1.165, 1.54) is 0 Å². The van der Waals surface area contributed by atoms with Crippen molar-refractivity contribution < 1.29 is 14.3 Å². The molecule has 0 bridgehead atoms. The van der Waals surface area contributed by atoms with Crippen LogP contribution in [0.2, 0.25) is 0 Å². The van der Waals surface area contributed by atoms with Crippen LogP contribution in [0.5, 0.6) is 0 Å². The number of anilines is 1. The predicted octanol–water partition coefficient (Wildman–Crippen LogP) is 2.00. The molecule has 0 radical (unpaired) electrons. The monoisotopic (exact) mass is 301 g/mol. The Bertz CT molecular complexity index is 652. The van der Waals surface area contributed by atoms with Gasteiger partial charge < -0.3 is 9.64 Å². The number of fused-ring (bicyclic) bond motifs is 1. The lowest BCUT2D eigenvalue weighted by atomic mass is 10.1. The number of allylic oxidation sites excluding steroid dienone is 1. The lowest BCUT2D eigenvalue weighted by molar-refractivity contribution is 0.102. The topological polar surface area (TPSA) is 62.7 Å². The number of nitrogens with zero attached hydrogens (tertiary/aromatic N) is 3. The van der Waals surface area contributed by atoms with Crippen molar-refractivity contribution in [2.45, 2.75) is 19.3 Å². The molecule has 0 unspecified atom stereocenters. The summed E-state index contributed by atoms with van der Waals surface area (Å²) in [6, 6.07) is 1.89. The van der Waals surface area contributed by atoms with E-state index in [-0.39, 0.29) is 11.9 Å². The highest BCUT2D eigenvalue weighted by molar-refractivity contribution is 6.08. The summed E-state index contributed by atoms with van der Waals surface area (Å²) in [7, 11) is 3.81. The molecule has 1 aromatic rings. The van der Waals surface area contributed by atoms with E-state index in [4.69, 9.17) is 4.74 Å². The molecule has 0 spiro atoms. The lowest BCUT2D eigenvalue weighted by Gasteiger charge is -2.14. The van der Waals surface area contributed by atoms with Crippen molar-refractivity contribution in [2.75, 3.05) is 32.1 Å². The number of amides is 1. The summed E-state index contributed by atoms with van der Waals surface area (Å²) in [5, 5.41) is 0. The molecule has 0 N–H and O–H groups in total. The van der Waals surface area contributed by atoms with Crippen molar-refractivity contribution in [1.29, 1.82) is 0 Å². The third kappa shape index (κ3) is 2.68. The Morgan fingerprint density at radius 3 is 2.82 bits per heavy atom. The normalized spacial score (nSPS) is 19.9. The summed E-state index contributed by atoms with van der Waals surface area (Å²) in [6.07, 6.45) is 5.53. The fourth-order valence-electron chi connectivity index (χ4n) is 2.84. The maximum atomic E-state index is 12.6. The van der Waals surface area contributed by atoms with Crippen molar-refractivity contribution >= 4 is 17.6 Å². The second kappa shape index (κ2) is 5.79. The van der Waals surface area contributed by atoms with Crippen LogP contribution in [0.15, 0.2) is 24.0 Å². The minimum Gasteiger partial charge on any atom is -0.447 e. The molecular formula is C16H19N3O3. The molecule has 2 heterocycles. The minimum absolute atomic E-state index is 0.0169. The first-order chi connectivity index (χ1) is 10.6. The summed E-state index contributed by atoms with van der Waals surface area (Å²) in [6.45, 7) is 0.920. The van der Waals surface area contributed by atoms with Crippen molar-refractivity contribution in [1.82, 2.24) is 9.88 Å². The number of pyridine rings is 1. The number of aryl methyl sites for hydroxylation is 1. The van der Waals surface area contributed by atoms with Gasteiger partial charge in [0.15, 0.2) is 0 Å². The van der Waals surface area contributed by atoms with E-state index in [0.29, 0.717) is 24.5 Å². The summed E-state index contributed by atoms with van der Waals surface area (Å²) in [5.41, 5.74) is 2.89. The van der Waals surface area contributed by atoms with Crippen LogP contribution in [0.1, 0.15) is 28.9 Å². The summed E-state index contributed by atoms with van der Waals surface area (Å²) < 4.78 is 4.95. The summed E-state index contributed by atoms with van der Waals surface area (Å²) in [4.78, 5) is 32.0. The highest BCUT2D eigenvalue weighted by Crippen LogP contribution is 2.27. The van der Waals surface area contributed by atoms with Crippen LogP contribution in [0, 0.1) is 0 Å². The Morgan fingerprint density at radius 2 is 2.14 bits per heavy atom. The Labute approximate surface area is 129 Å². The van der Waals surface area contributed by atoms with E-state index in [1.54, 1.807) is 11.1 Å². The van der Waals surface area contributed by atoms with Crippen LogP contribution >= 0.6 is 0 Å². The number of rotatable bonds is 2. The van der Waals surface area contributed by atoms with Crippen molar-refractivity contribution in [2.24, 2.45) is 0 Å².